The van der Waals surface area contributed by atoms with Gasteiger partial charge in [-0.25, -0.2) is 4.98 Å². The van der Waals surface area contributed by atoms with Crippen molar-refractivity contribution in [3.63, 3.8) is 0 Å². The van der Waals surface area contributed by atoms with E-state index in [1.807, 2.05) is 66.2 Å². The van der Waals surface area contributed by atoms with Gasteiger partial charge in [0.15, 0.2) is 11.5 Å². The van der Waals surface area contributed by atoms with Crippen molar-refractivity contribution in [2.45, 2.75) is 26.3 Å². The van der Waals surface area contributed by atoms with Crippen LogP contribution in [-0.2, 0) is 11.3 Å². The zero-order valence-corrected chi connectivity index (χ0v) is 26.7. The molecule has 0 aliphatic carbocycles. The Labute approximate surface area is 273 Å². The summed E-state index contributed by atoms with van der Waals surface area (Å²) in [6.07, 6.45) is 8.72. The summed E-state index contributed by atoms with van der Waals surface area (Å²) in [7, 11) is 3.19. The number of nitrogens with zero attached hydrogens (tertiary/aromatic N) is 3. The molecule has 1 aliphatic rings. The maximum atomic E-state index is 13.7. The summed E-state index contributed by atoms with van der Waals surface area (Å²) in [5.74, 6) is 1.53. The maximum Gasteiger partial charge on any atom is 0.261 e. The first-order valence-electron chi connectivity index (χ1n) is 15.5. The van der Waals surface area contributed by atoms with E-state index < -0.39 is 5.91 Å². The molecule has 0 unspecified atom stereocenters. The minimum Gasteiger partial charge on any atom is -0.493 e. The molecule has 0 bridgehead atoms. The van der Waals surface area contributed by atoms with E-state index in [4.69, 9.17) is 19.9 Å². The van der Waals surface area contributed by atoms with Gasteiger partial charge >= 0.3 is 0 Å². The molecule has 0 saturated carbocycles. The van der Waals surface area contributed by atoms with E-state index in [1.165, 1.54) is 0 Å². The lowest BCUT2D eigenvalue weighted by molar-refractivity contribution is 0.0612. The van der Waals surface area contributed by atoms with Crippen LogP contribution in [0.1, 0.15) is 28.9 Å². The number of benzene rings is 2. The summed E-state index contributed by atoms with van der Waals surface area (Å²) in [6, 6.07) is 18.6. The van der Waals surface area contributed by atoms with Crippen LogP contribution in [0.4, 0.5) is 11.5 Å². The smallest absolute Gasteiger partial charge is 0.261 e. The molecule has 0 radical (unpaired) electrons. The second-order valence-electron chi connectivity index (χ2n) is 11.6. The van der Waals surface area contributed by atoms with Crippen LogP contribution in [0.15, 0.2) is 90.2 Å². The monoisotopic (exact) mass is 631 g/mol. The van der Waals surface area contributed by atoms with Crippen molar-refractivity contribution in [1.29, 1.82) is 0 Å². The Kier molecular flexibility index (Phi) is 9.30. The molecular weight excluding hydrogens is 594 g/mol. The van der Waals surface area contributed by atoms with Crippen molar-refractivity contribution < 1.29 is 19.0 Å². The zero-order chi connectivity index (χ0) is 32.9. The van der Waals surface area contributed by atoms with E-state index >= 15 is 0 Å². The van der Waals surface area contributed by atoms with Crippen molar-refractivity contribution in [3.05, 3.63) is 107 Å². The fraction of sp³-hybridized carbons (Fsp3) is 0.243. The van der Waals surface area contributed by atoms with Crippen LogP contribution < -0.4 is 26.0 Å². The number of rotatable bonds is 9. The number of hydrogen-bond acceptors (Lipinski definition) is 8. The quantitative estimate of drug-likeness (QED) is 0.196. The molecule has 1 amide bonds. The Bertz CT molecular complexity index is 1950. The van der Waals surface area contributed by atoms with Crippen LogP contribution in [0.2, 0.25) is 0 Å². The Morgan fingerprint density at radius 1 is 0.872 bits per heavy atom. The van der Waals surface area contributed by atoms with Crippen LogP contribution in [-0.4, -0.2) is 47.9 Å². The number of carbonyl (C=O) groups excluding carboxylic acids is 1. The second kappa shape index (κ2) is 13.9. The summed E-state index contributed by atoms with van der Waals surface area (Å²) >= 11 is 0. The molecule has 3 N–H and O–H groups in total. The molecule has 6 rings (SSSR count). The lowest BCUT2D eigenvalue weighted by Gasteiger charge is -2.23. The Morgan fingerprint density at radius 3 is 2.28 bits per heavy atom. The van der Waals surface area contributed by atoms with Crippen LogP contribution in [0, 0.1) is 12.8 Å². The molecular formula is C37H37N5O5. The van der Waals surface area contributed by atoms with E-state index in [0.29, 0.717) is 59.8 Å². The average molecular weight is 632 g/mol. The van der Waals surface area contributed by atoms with E-state index in [0.717, 1.165) is 40.8 Å². The maximum absolute atomic E-state index is 13.7. The van der Waals surface area contributed by atoms with Gasteiger partial charge in [0.25, 0.3) is 5.91 Å². The number of aryl methyl sites for hydroxylation is 1. The van der Waals surface area contributed by atoms with Crippen LogP contribution in [0.3, 0.4) is 0 Å². The van der Waals surface area contributed by atoms with Crippen molar-refractivity contribution in [3.8, 4) is 44.9 Å². The van der Waals surface area contributed by atoms with Gasteiger partial charge in [0.1, 0.15) is 11.4 Å². The number of nitrogens with two attached hydrogens (primary N) is 1. The lowest BCUT2D eigenvalue weighted by atomic mass is 9.99. The molecule has 10 nitrogen and oxygen atoms in total. The molecule has 0 atom stereocenters. The van der Waals surface area contributed by atoms with E-state index in [9.17, 15) is 9.59 Å². The fourth-order valence-corrected chi connectivity index (χ4v) is 5.77. The van der Waals surface area contributed by atoms with Gasteiger partial charge in [-0.15, -0.1) is 0 Å². The topological polar surface area (TPSA) is 131 Å². The molecule has 4 heterocycles. The van der Waals surface area contributed by atoms with E-state index in [1.54, 1.807) is 44.9 Å². The summed E-state index contributed by atoms with van der Waals surface area (Å²) in [5, 5.41) is 2.91. The van der Waals surface area contributed by atoms with Gasteiger partial charge in [0.2, 0.25) is 5.43 Å². The summed E-state index contributed by atoms with van der Waals surface area (Å²) in [5.41, 5.74) is 11.8. The highest BCUT2D eigenvalue weighted by Gasteiger charge is 2.20. The lowest BCUT2D eigenvalue weighted by Crippen LogP contribution is -2.26. The number of methoxy groups -OCH3 is 2. The summed E-state index contributed by atoms with van der Waals surface area (Å²) in [6.45, 7) is 4.00. The predicted molar refractivity (Wildman–Crippen MR) is 183 cm³/mol. The first-order valence-corrected chi connectivity index (χ1v) is 15.5. The minimum absolute atomic E-state index is 0.0651. The van der Waals surface area contributed by atoms with E-state index in [-0.39, 0.29) is 11.0 Å². The first-order chi connectivity index (χ1) is 22.8. The van der Waals surface area contributed by atoms with Crippen molar-refractivity contribution in [2.24, 2.45) is 5.92 Å². The Balaban J connectivity index is 1.26. The van der Waals surface area contributed by atoms with Gasteiger partial charge in [-0.1, -0.05) is 24.3 Å². The number of nitrogens with one attached hydrogen (secondary N) is 1. The molecule has 240 valence electrons. The first kappa shape index (κ1) is 31.5. The molecule has 47 heavy (non-hydrogen) atoms. The third-order valence-electron chi connectivity index (χ3n) is 8.45. The van der Waals surface area contributed by atoms with Gasteiger partial charge in [-0.3, -0.25) is 14.6 Å². The number of nitrogen functional groups attached to an aromatic ring is 1. The molecule has 2 aromatic carbocycles. The highest BCUT2D eigenvalue weighted by atomic mass is 16.5. The molecule has 5 aromatic rings. The van der Waals surface area contributed by atoms with Crippen LogP contribution in [0.25, 0.3) is 33.4 Å². The Hall–Kier alpha value is -5.48. The molecule has 10 heteroatoms. The second-order valence-corrected chi connectivity index (χ2v) is 11.6. The highest BCUT2D eigenvalue weighted by Crippen LogP contribution is 2.35. The fourth-order valence-electron chi connectivity index (χ4n) is 5.77. The van der Waals surface area contributed by atoms with Gasteiger partial charge in [-0.2, -0.15) is 0 Å². The number of amides is 1. The molecule has 1 saturated heterocycles. The molecule has 1 aliphatic heterocycles. The number of hydrogen-bond donors (Lipinski definition) is 2. The van der Waals surface area contributed by atoms with E-state index in [2.05, 4.69) is 15.3 Å². The summed E-state index contributed by atoms with van der Waals surface area (Å²) in [4.78, 5) is 36.1. The van der Waals surface area contributed by atoms with Gasteiger partial charge in [0, 0.05) is 78.2 Å². The predicted octanol–water partition coefficient (Wildman–Crippen LogP) is 6.23. The number of carbonyl (C=O) groups is 1. The molecule has 0 spiro atoms. The molecule has 3 aromatic heterocycles. The number of aromatic nitrogens is 3. The van der Waals surface area contributed by atoms with Crippen molar-refractivity contribution >= 4 is 17.4 Å². The zero-order valence-electron chi connectivity index (χ0n) is 26.7. The number of anilines is 2. The van der Waals surface area contributed by atoms with Crippen molar-refractivity contribution in [1.82, 2.24) is 14.5 Å². The van der Waals surface area contributed by atoms with Crippen LogP contribution in [0.5, 0.6) is 11.5 Å². The van der Waals surface area contributed by atoms with Crippen LogP contribution >= 0.6 is 0 Å². The third-order valence-corrected chi connectivity index (χ3v) is 8.45. The Morgan fingerprint density at radius 2 is 1.57 bits per heavy atom. The standard InChI is InChI=1S/C37H37N5O5/c1-23-4-5-27(18-39-23)31-21-42(20-24-12-14-47-15-13-24)22-32(35(31)43)37(44)41-29-9-6-25(7-10-29)30-16-28(19-40-36(30)38)26-8-11-33(45-2)34(17-26)46-3/h4-11,16-19,21-22,24H,12-15,20H2,1-3H3,(H2,38,40)(H,41,44). The average Bonchev–Trinajstić information content (AvgIpc) is 3.10. The van der Waals surface area contributed by atoms with Crippen molar-refractivity contribution in [2.75, 3.05) is 38.5 Å². The summed E-state index contributed by atoms with van der Waals surface area (Å²) < 4.78 is 18.3. The largest absolute Gasteiger partial charge is 0.493 e. The van der Waals surface area contributed by atoms with Gasteiger partial charge in [0.05, 0.1) is 14.2 Å². The number of ether oxygens (including phenoxy) is 3. The van der Waals surface area contributed by atoms with Gasteiger partial charge < -0.3 is 29.8 Å². The highest BCUT2D eigenvalue weighted by molar-refractivity contribution is 6.04. The minimum atomic E-state index is -0.484. The third kappa shape index (κ3) is 7.02. The van der Waals surface area contributed by atoms with Gasteiger partial charge in [-0.05, 0) is 73.2 Å². The SMILES string of the molecule is COc1ccc(-c2cnc(N)c(-c3ccc(NC(=O)c4cn(CC5CCOCC5)cc(-c5ccc(C)nc5)c4=O)cc3)c2)cc1OC. The number of pyridine rings is 3. The molecule has 1 fully saturated rings. The normalized spacial score (nSPS) is 13.3.